The third-order valence-corrected chi connectivity index (χ3v) is 5.77. The van der Waals surface area contributed by atoms with Crippen molar-refractivity contribution < 1.29 is 9.53 Å². The first-order valence-corrected chi connectivity index (χ1v) is 9.78. The molecule has 134 valence electrons. The fourth-order valence-electron chi connectivity index (χ4n) is 2.93. The van der Waals surface area contributed by atoms with Crippen LogP contribution in [-0.4, -0.2) is 55.1 Å². The van der Waals surface area contributed by atoms with Crippen LogP contribution in [0.25, 0.3) is 10.4 Å². The van der Waals surface area contributed by atoms with Crippen LogP contribution in [0.1, 0.15) is 11.8 Å². The maximum Gasteiger partial charge on any atom is 0.248 e. The summed E-state index contributed by atoms with van der Waals surface area (Å²) in [5.74, 6) is 0.0960. The number of nitrogens with zero attached hydrogens (tertiary/aromatic N) is 2. The molecule has 1 amide bonds. The molecular weight excluding hydrogens is 356 g/mol. The lowest BCUT2D eigenvalue weighted by Gasteiger charge is -2.34. The van der Waals surface area contributed by atoms with Crippen LogP contribution in [0.4, 0.5) is 0 Å². The van der Waals surface area contributed by atoms with Crippen molar-refractivity contribution >= 4 is 28.8 Å². The van der Waals surface area contributed by atoms with E-state index in [4.69, 9.17) is 16.3 Å². The molecule has 1 aromatic heterocycles. The summed E-state index contributed by atoms with van der Waals surface area (Å²) in [6.45, 7) is 6.95. The number of ether oxygens (including phenoxy) is 1. The topological polar surface area (TPSA) is 32.8 Å². The van der Waals surface area contributed by atoms with Crippen LogP contribution in [0.15, 0.2) is 36.4 Å². The van der Waals surface area contributed by atoms with Gasteiger partial charge in [0.15, 0.2) is 0 Å². The van der Waals surface area contributed by atoms with Crippen molar-refractivity contribution in [3.05, 3.63) is 46.3 Å². The first-order valence-electron chi connectivity index (χ1n) is 8.59. The number of thiophene rings is 1. The second-order valence-electron chi connectivity index (χ2n) is 6.04. The van der Waals surface area contributed by atoms with E-state index in [2.05, 4.69) is 23.1 Å². The molecule has 1 fully saturated rings. The van der Waals surface area contributed by atoms with E-state index < -0.39 is 0 Å². The number of carbonyl (C=O) groups is 1. The Bertz CT molecular complexity index is 711. The van der Waals surface area contributed by atoms with Crippen molar-refractivity contribution in [1.29, 1.82) is 0 Å². The Morgan fingerprint density at radius 1 is 1.16 bits per heavy atom. The first-order chi connectivity index (χ1) is 12.2. The highest BCUT2D eigenvalue weighted by Crippen LogP contribution is 2.33. The smallest absolute Gasteiger partial charge is 0.248 e. The van der Waals surface area contributed by atoms with Gasteiger partial charge in [-0.3, -0.25) is 9.69 Å². The van der Waals surface area contributed by atoms with Crippen LogP contribution in [0.5, 0.6) is 0 Å². The summed E-state index contributed by atoms with van der Waals surface area (Å²) >= 11 is 8.08. The monoisotopic (exact) mass is 378 g/mol. The normalized spacial score (nSPS) is 15.5. The van der Waals surface area contributed by atoms with Gasteiger partial charge in [-0.1, -0.05) is 29.8 Å². The van der Waals surface area contributed by atoms with E-state index in [-0.39, 0.29) is 12.5 Å². The van der Waals surface area contributed by atoms with Crippen LogP contribution in [0.2, 0.25) is 5.02 Å². The quantitative estimate of drug-likeness (QED) is 0.767. The van der Waals surface area contributed by atoms with E-state index in [1.54, 1.807) is 11.3 Å². The lowest BCUT2D eigenvalue weighted by molar-refractivity contribution is -0.137. The molecule has 0 bridgehead atoms. The van der Waals surface area contributed by atoms with E-state index in [0.717, 1.165) is 43.3 Å². The Kier molecular flexibility index (Phi) is 6.48. The van der Waals surface area contributed by atoms with Gasteiger partial charge in [-0.15, -0.1) is 11.3 Å². The molecule has 0 atom stereocenters. The lowest BCUT2D eigenvalue weighted by Crippen LogP contribution is -2.49. The zero-order chi connectivity index (χ0) is 17.6. The van der Waals surface area contributed by atoms with E-state index in [0.29, 0.717) is 6.61 Å². The van der Waals surface area contributed by atoms with Crippen LogP contribution in [0, 0.1) is 0 Å². The number of piperazine rings is 1. The van der Waals surface area contributed by atoms with E-state index in [1.165, 1.54) is 9.75 Å². The van der Waals surface area contributed by atoms with Gasteiger partial charge in [-0.2, -0.15) is 0 Å². The highest BCUT2D eigenvalue weighted by molar-refractivity contribution is 7.15. The second kappa shape index (κ2) is 8.81. The predicted molar refractivity (Wildman–Crippen MR) is 103 cm³/mol. The minimum Gasteiger partial charge on any atom is -0.372 e. The van der Waals surface area contributed by atoms with Gasteiger partial charge < -0.3 is 9.64 Å². The summed E-state index contributed by atoms with van der Waals surface area (Å²) in [6.07, 6.45) is 0. The standard InChI is InChI=1S/C19H23ClN2O2S/c1-2-24-14-19(23)22-11-9-21(10-12-22)13-15-7-8-18(25-15)16-5-3-4-6-17(16)20/h3-8H,2,9-14H2,1H3. The molecule has 0 N–H and O–H groups in total. The minimum absolute atomic E-state index is 0.0960. The molecular formula is C19H23ClN2O2S. The summed E-state index contributed by atoms with van der Waals surface area (Å²) in [5, 5.41) is 0.789. The lowest BCUT2D eigenvalue weighted by atomic mass is 10.2. The minimum atomic E-state index is 0.0960. The van der Waals surface area contributed by atoms with Crippen molar-refractivity contribution in [3.63, 3.8) is 0 Å². The van der Waals surface area contributed by atoms with Gasteiger partial charge in [0.2, 0.25) is 5.91 Å². The van der Waals surface area contributed by atoms with E-state index >= 15 is 0 Å². The molecule has 0 unspecified atom stereocenters. The third kappa shape index (κ3) is 4.82. The van der Waals surface area contributed by atoms with Crippen LogP contribution < -0.4 is 0 Å². The number of rotatable bonds is 6. The third-order valence-electron chi connectivity index (χ3n) is 4.34. The Labute approximate surface area is 158 Å². The van der Waals surface area contributed by atoms with Crippen molar-refractivity contribution in [1.82, 2.24) is 9.80 Å². The fourth-order valence-corrected chi connectivity index (χ4v) is 4.31. The number of halogens is 1. The molecule has 1 aliphatic rings. The Morgan fingerprint density at radius 2 is 1.92 bits per heavy atom. The SMILES string of the molecule is CCOCC(=O)N1CCN(Cc2ccc(-c3ccccc3Cl)s2)CC1. The van der Waals surface area contributed by atoms with Gasteiger partial charge in [-0.05, 0) is 25.1 Å². The highest BCUT2D eigenvalue weighted by Gasteiger charge is 2.21. The van der Waals surface area contributed by atoms with Gasteiger partial charge >= 0.3 is 0 Å². The average Bonchev–Trinajstić information content (AvgIpc) is 3.09. The summed E-state index contributed by atoms with van der Waals surface area (Å²) in [5.41, 5.74) is 1.09. The molecule has 6 heteroatoms. The van der Waals surface area contributed by atoms with Gasteiger partial charge in [0, 0.05) is 59.7 Å². The van der Waals surface area contributed by atoms with Crippen LogP contribution >= 0.6 is 22.9 Å². The van der Waals surface area contributed by atoms with Crippen molar-refractivity contribution in [3.8, 4) is 10.4 Å². The summed E-state index contributed by atoms with van der Waals surface area (Å²) in [4.78, 5) is 18.8. The highest BCUT2D eigenvalue weighted by atomic mass is 35.5. The van der Waals surface area contributed by atoms with E-state index in [1.807, 2.05) is 30.0 Å². The average molecular weight is 379 g/mol. The van der Waals surface area contributed by atoms with Crippen molar-refractivity contribution in [2.45, 2.75) is 13.5 Å². The molecule has 0 saturated carbocycles. The Morgan fingerprint density at radius 3 is 2.64 bits per heavy atom. The molecule has 0 aliphatic carbocycles. The maximum atomic E-state index is 12.0. The summed E-state index contributed by atoms with van der Waals surface area (Å²) in [7, 11) is 0. The van der Waals surface area contributed by atoms with Gasteiger partial charge in [0.25, 0.3) is 0 Å². The summed E-state index contributed by atoms with van der Waals surface area (Å²) in [6, 6.07) is 12.3. The fraction of sp³-hybridized carbons (Fsp3) is 0.421. The van der Waals surface area contributed by atoms with Gasteiger partial charge in [0.1, 0.15) is 6.61 Å². The molecule has 3 rings (SSSR count). The zero-order valence-corrected chi connectivity index (χ0v) is 16.0. The molecule has 1 aromatic carbocycles. The summed E-state index contributed by atoms with van der Waals surface area (Å²) < 4.78 is 5.21. The molecule has 2 heterocycles. The maximum absolute atomic E-state index is 12.0. The number of carbonyl (C=O) groups excluding carboxylic acids is 1. The van der Waals surface area contributed by atoms with Crippen molar-refractivity contribution in [2.24, 2.45) is 0 Å². The Hall–Kier alpha value is -1.40. The molecule has 0 radical (unpaired) electrons. The van der Waals surface area contributed by atoms with E-state index in [9.17, 15) is 4.79 Å². The number of hydrogen-bond donors (Lipinski definition) is 0. The van der Waals surface area contributed by atoms with Crippen LogP contribution in [-0.2, 0) is 16.1 Å². The molecule has 1 saturated heterocycles. The predicted octanol–water partition coefficient (Wildman–Crippen LogP) is 3.75. The number of amides is 1. The molecule has 2 aromatic rings. The van der Waals surface area contributed by atoms with Crippen LogP contribution in [0.3, 0.4) is 0 Å². The van der Waals surface area contributed by atoms with Gasteiger partial charge in [-0.25, -0.2) is 0 Å². The molecule has 0 spiro atoms. The molecule has 1 aliphatic heterocycles. The molecule has 4 nitrogen and oxygen atoms in total. The second-order valence-corrected chi connectivity index (χ2v) is 7.62. The largest absolute Gasteiger partial charge is 0.372 e. The first kappa shape index (κ1) is 18.4. The van der Waals surface area contributed by atoms with Crippen molar-refractivity contribution in [2.75, 3.05) is 39.4 Å². The van der Waals surface area contributed by atoms with Gasteiger partial charge in [0.05, 0.1) is 0 Å². The zero-order valence-electron chi connectivity index (χ0n) is 14.4. The molecule has 25 heavy (non-hydrogen) atoms. The Balaban J connectivity index is 1.53. The number of benzene rings is 1. The number of hydrogen-bond acceptors (Lipinski definition) is 4.